The summed E-state index contributed by atoms with van der Waals surface area (Å²) in [6.07, 6.45) is 2.56. The zero-order chi connectivity index (χ0) is 15.6. The van der Waals surface area contributed by atoms with E-state index in [1.807, 2.05) is 0 Å². The number of nitro groups is 1. The molecule has 21 heavy (non-hydrogen) atoms. The number of carbonyl (C=O) groups is 2. The van der Waals surface area contributed by atoms with Gasteiger partial charge in [-0.3, -0.25) is 19.5 Å². The molecule has 7 heteroatoms. The molecule has 2 rings (SSSR count). The quantitative estimate of drug-likeness (QED) is 0.373. The highest BCUT2D eigenvalue weighted by Gasteiger charge is 2.23. The molecular formula is C14H12N2O5. The number of rotatable bonds is 3. The van der Waals surface area contributed by atoms with Gasteiger partial charge in [0.25, 0.3) is 0 Å². The van der Waals surface area contributed by atoms with Gasteiger partial charge in [0, 0.05) is 30.1 Å². The third-order valence-electron chi connectivity index (χ3n) is 2.97. The molecule has 0 spiro atoms. The molecule has 0 aliphatic heterocycles. The van der Waals surface area contributed by atoms with E-state index in [9.17, 15) is 19.7 Å². The van der Waals surface area contributed by atoms with Crippen molar-refractivity contribution in [3.05, 3.63) is 51.8 Å². The number of carbonyl (C=O) groups excluding carboxylic acids is 2. The third-order valence-corrected chi connectivity index (χ3v) is 2.97. The molecule has 0 atom stereocenters. The molecular weight excluding hydrogens is 276 g/mol. The van der Waals surface area contributed by atoms with E-state index in [-0.39, 0.29) is 5.91 Å². The van der Waals surface area contributed by atoms with E-state index in [0.29, 0.717) is 16.5 Å². The first-order valence-electron chi connectivity index (χ1n) is 6.01. The highest BCUT2D eigenvalue weighted by Crippen LogP contribution is 2.23. The van der Waals surface area contributed by atoms with Crippen molar-refractivity contribution < 1.29 is 19.2 Å². The van der Waals surface area contributed by atoms with Crippen molar-refractivity contribution in [3.8, 4) is 0 Å². The van der Waals surface area contributed by atoms with Gasteiger partial charge in [-0.1, -0.05) is 18.2 Å². The third kappa shape index (κ3) is 2.66. The number of esters is 1. The zero-order valence-corrected chi connectivity index (χ0v) is 11.4. The van der Waals surface area contributed by atoms with Gasteiger partial charge in [0.15, 0.2) is 0 Å². The number of ether oxygens (including phenoxy) is 1. The van der Waals surface area contributed by atoms with Gasteiger partial charge in [-0.2, -0.15) is 0 Å². The number of hydrogen-bond donors (Lipinski definition) is 0. The Morgan fingerprint density at radius 1 is 1.33 bits per heavy atom. The minimum Gasteiger partial charge on any atom is -0.461 e. The van der Waals surface area contributed by atoms with E-state index in [4.69, 9.17) is 0 Å². The Morgan fingerprint density at radius 2 is 2.00 bits per heavy atom. The van der Waals surface area contributed by atoms with Crippen LogP contribution in [0.5, 0.6) is 0 Å². The normalized spacial score (nSPS) is 11.4. The molecule has 0 saturated carbocycles. The summed E-state index contributed by atoms with van der Waals surface area (Å²) in [5.74, 6) is -1.27. The topological polar surface area (TPSA) is 91.4 Å². The number of benzene rings is 1. The first-order chi connectivity index (χ1) is 9.95. The maximum Gasteiger partial charge on any atom is 0.409 e. The van der Waals surface area contributed by atoms with Crippen LogP contribution in [0.2, 0.25) is 0 Å². The standard InChI is InChI=1S/C14H12N2O5/c1-9(17)15-8-10(11-5-3-4-6-12(11)15)7-13(16(19)20)14(18)21-2/h3-8H,1-2H3/b13-7+. The Hall–Kier alpha value is -2.96. The monoisotopic (exact) mass is 288 g/mol. The van der Waals surface area contributed by atoms with Gasteiger partial charge in [-0.25, -0.2) is 4.79 Å². The molecule has 0 radical (unpaired) electrons. The maximum absolute atomic E-state index is 11.6. The second-order valence-corrected chi connectivity index (χ2v) is 4.27. The predicted octanol–water partition coefficient (Wildman–Crippen LogP) is 2.09. The Morgan fingerprint density at radius 3 is 2.57 bits per heavy atom. The highest BCUT2D eigenvalue weighted by atomic mass is 16.6. The van der Waals surface area contributed by atoms with Crippen LogP contribution in [0.4, 0.5) is 0 Å². The summed E-state index contributed by atoms with van der Waals surface area (Å²) >= 11 is 0. The average Bonchev–Trinajstić information content (AvgIpc) is 2.82. The first-order valence-corrected chi connectivity index (χ1v) is 6.01. The molecule has 108 valence electrons. The number of para-hydroxylation sites is 1. The van der Waals surface area contributed by atoms with Crippen LogP contribution in [0.25, 0.3) is 17.0 Å². The molecule has 0 saturated heterocycles. The lowest BCUT2D eigenvalue weighted by Gasteiger charge is -1.97. The van der Waals surface area contributed by atoms with Crippen LogP contribution in [0.3, 0.4) is 0 Å². The van der Waals surface area contributed by atoms with E-state index < -0.39 is 16.6 Å². The summed E-state index contributed by atoms with van der Waals surface area (Å²) in [4.78, 5) is 33.2. The second-order valence-electron chi connectivity index (χ2n) is 4.27. The molecule has 0 fully saturated rings. The number of methoxy groups -OCH3 is 1. The van der Waals surface area contributed by atoms with Crippen molar-refractivity contribution in [2.24, 2.45) is 0 Å². The SMILES string of the molecule is COC(=O)/C(=C\c1cn(C(C)=O)c2ccccc12)[N+](=O)[O-]. The van der Waals surface area contributed by atoms with Gasteiger partial charge in [0.05, 0.1) is 17.5 Å². The van der Waals surface area contributed by atoms with Crippen LogP contribution in [-0.2, 0) is 9.53 Å². The summed E-state index contributed by atoms with van der Waals surface area (Å²) in [6, 6.07) is 6.94. The van der Waals surface area contributed by atoms with Gasteiger partial charge in [-0.05, 0) is 6.07 Å². The first kappa shape index (κ1) is 14.4. The Balaban J connectivity index is 2.69. The molecule has 1 heterocycles. The second kappa shape index (κ2) is 5.58. The molecule has 1 aromatic heterocycles. The highest BCUT2D eigenvalue weighted by molar-refractivity contribution is 5.99. The van der Waals surface area contributed by atoms with Gasteiger partial charge in [0.1, 0.15) is 0 Å². The van der Waals surface area contributed by atoms with E-state index in [2.05, 4.69) is 4.74 Å². The predicted molar refractivity (Wildman–Crippen MR) is 75.2 cm³/mol. The van der Waals surface area contributed by atoms with E-state index in [1.165, 1.54) is 17.7 Å². The molecule has 0 N–H and O–H groups in total. The van der Waals surface area contributed by atoms with Crippen molar-refractivity contribution in [3.63, 3.8) is 0 Å². The summed E-state index contributed by atoms with van der Waals surface area (Å²) in [5, 5.41) is 11.6. The summed E-state index contributed by atoms with van der Waals surface area (Å²) in [6.45, 7) is 1.38. The lowest BCUT2D eigenvalue weighted by Crippen LogP contribution is -2.12. The van der Waals surface area contributed by atoms with Crippen LogP contribution in [0, 0.1) is 10.1 Å². The fourth-order valence-corrected chi connectivity index (χ4v) is 2.02. The molecule has 2 aromatic rings. The van der Waals surface area contributed by atoms with Crippen molar-refractivity contribution in [1.82, 2.24) is 4.57 Å². The fraction of sp³-hybridized carbons (Fsp3) is 0.143. The maximum atomic E-state index is 11.6. The van der Waals surface area contributed by atoms with Gasteiger partial charge < -0.3 is 4.74 Å². The molecule has 1 aromatic carbocycles. The van der Waals surface area contributed by atoms with Crippen LogP contribution in [0.1, 0.15) is 17.3 Å². The largest absolute Gasteiger partial charge is 0.461 e. The minimum atomic E-state index is -1.04. The lowest BCUT2D eigenvalue weighted by molar-refractivity contribution is -0.419. The Kier molecular flexibility index (Phi) is 3.84. The lowest BCUT2D eigenvalue weighted by atomic mass is 10.1. The van der Waals surface area contributed by atoms with E-state index >= 15 is 0 Å². The van der Waals surface area contributed by atoms with Crippen LogP contribution in [0.15, 0.2) is 36.2 Å². The number of fused-ring (bicyclic) bond motifs is 1. The number of hydrogen-bond acceptors (Lipinski definition) is 5. The molecule has 0 aliphatic carbocycles. The number of aromatic nitrogens is 1. The summed E-state index contributed by atoms with van der Waals surface area (Å²) in [5.41, 5.74) is 0.325. The van der Waals surface area contributed by atoms with Gasteiger partial charge in [0.2, 0.25) is 5.91 Å². The Bertz CT molecular complexity index is 773. The molecule has 0 aliphatic rings. The van der Waals surface area contributed by atoms with Crippen molar-refractivity contribution in [2.45, 2.75) is 6.92 Å². The van der Waals surface area contributed by atoms with Crippen molar-refractivity contribution in [2.75, 3.05) is 7.11 Å². The Labute approximate surface area is 119 Å². The van der Waals surface area contributed by atoms with Crippen LogP contribution >= 0.6 is 0 Å². The van der Waals surface area contributed by atoms with Crippen LogP contribution in [-0.4, -0.2) is 28.5 Å². The molecule has 0 amide bonds. The van der Waals surface area contributed by atoms with Crippen molar-refractivity contribution in [1.29, 1.82) is 0 Å². The minimum absolute atomic E-state index is 0.230. The molecule has 0 unspecified atom stereocenters. The molecule has 0 bridgehead atoms. The van der Waals surface area contributed by atoms with E-state index in [0.717, 1.165) is 13.2 Å². The summed E-state index contributed by atoms with van der Waals surface area (Å²) < 4.78 is 5.76. The van der Waals surface area contributed by atoms with E-state index in [1.54, 1.807) is 24.3 Å². The van der Waals surface area contributed by atoms with Gasteiger partial charge in [-0.15, -0.1) is 0 Å². The van der Waals surface area contributed by atoms with Gasteiger partial charge >= 0.3 is 11.7 Å². The summed E-state index contributed by atoms with van der Waals surface area (Å²) in [7, 11) is 1.07. The average molecular weight is 288 g/mol. The number of nitrogens with zero attached hydrogens (tertiary/aromatic N) is 2. The molecule has 7 nitrogen and oxygen atoms in total. The fourth-order valence-electron chi connectivity index (χ4n) is 2.02. The van der Waals surface area contributed by atoms with Crippen LogP contribution < -0.4 is 0 Å². The van der Waals surface area contributed by atoms with Crippen molar-refractivity contribution >= 4 is 28.9 Å². The smallest absolute Gasteiger partial charge is 0.409 e. The zero-order valence-electron chi connectivity index (χ0n) is 11.4.